The minimum atomic E-state index is -1.21. The standard InChI is InChI=1S/C19H18N2O3/c22-18(16-7-2-1-3-8-16)19(23)21(14-17-9-5-11-24-17)13-15-6-4-10-20-12-15/h1-12,18,22H,13-14H2/t18-/m0/s1. The molecule has 5 heteroatoms. The maximum atomic E-state index is 12.8. The van der Waals surface area contributed by atoms with E-state index in [0.29, 0.717) is 17.9 Å². The van der Waals surface area contributed by atoms with Crippen molar-refractivity contribution in [1.82, 2.24) is 9.88 Å². The largest absolute Gasteiger partial charge is 0.467 e. The number of pyridine rings is 1. The van der Waals surface area contributed by atoms with E-state index in [1.54, 1.807) is 60.0 Å². The number of nitrogens with zero attached hydrogens (tertiary/aromatic N) is 2. The number of rotatable bonds is 6. The van der Waals surface area contributed by atoms with Gasteiger partial charge in [0.25, 0.3) is 5.91 Å². The van der Waals surface area contributed by atoms with Gasteiger partial charge in [-0.2, -0.15) is 0 Å². The molecule has 0 saturated carbocycles. The third kappa shape index (κ3) is 3.88. The Morgan fingerprint density at radius 1 is 1.08 bits per heavy atom. The molecule has 5 nitrogen and oxygen atoms in total. The van der Waals surface area contributed by atoms with Crippen LogP contribution in [0.5, 0.6) is 0 Å². The van der Waals surface area contributed by atoms with Crippen LogP contribution in [0.2, 0.25) is 0 Å². The monoisotopic (exact) mass is 322 g/mol. The highest BCUT2D eigenvalue weighted by atomic mass is 16.3. The predicted molar refractivity (Wildman–Crippen MR) is 88.6 cm³/mol. The smallest absolute Gasteiger partial charge is 0.256 e. The average molecular weight is 322 g/mol. The number of carbonyl (C=O) groups is 1. The second-order valence-electron chi connectivity index (χ2n) is 5.45. The Morgan fingerprint density at radius 3 is 2.58 bits per heavy atom. The first kappa shape index (κ1) is 16.0. The normalized spacial score (nSPS) is 11.9. The van der Waals surface area contributed by atoms with Crippen molar-refractivity contribution in [2.45, 2.75) is 19.2 Å². The van der Waals surface area contributed by atoms with Crippen LogP contribution in [0.25, 0.3) is 0 Å². The van der Waals surface area contributed by atoms with E-state index in [4.69, 9.17) is 4.42 Å². The molecule has 0 fully saturated rings. The van der Waals surface area contributed by atoms with E-state index in [-0.39, 0.29) is 12.5 Å². The fraction of sp³-hybridized carbons (Fsp3) is 0.158. The fourth-order valence-electron chi connectivity index (χ4n) is 2.47. The maximum absolute atomic E-state index is 12.8. The first-order chi connectivity index (χ1) is 11.7. The van der Waals surface area contributed by atoms with Gasteiger partial charge >= 0.3 is 0 Å². The van der Waals surface area contributed by atoms with Crippen molar-refractivity contribution in [2.75, 3.05) is 0 Å². The lowest BCUT2D eigenvalue weighted by Crippen LogP contribution is -2.34. The molecule has 0 unspecified atom stereocenters. The minimum Gasteiger partial charge on any atom is -0.467 e. The van der Waals surface area contributed by atoms with Crippen LogP contribution < -0.4 is 0 Å². The topological polar surface area (TPSA) is 66.6 Å². The summed E-state index contributed by atoms with van der Waals surface area (Å²) in [6.07, 6.45) is 3.74. The zero-order chi connectivity index (χ0) is 16.8. The van der Waals surface area contributed by atoms with Crippen molar-refractivity contribution in [3.63, 3.8) is 0 Å². The summed E-state index contributed by atoms with van der Waals surface area (Å²) in [4.78, 5) is 18.4. The van der Waals surface area contributed by atoms with Gasteiger partial charge in [-0.3, -0.25) is 9.78 Å². The molecule has 1 N–H and O–H groups in total. The van der Waals surface area contributed by atoms with Crippen LogP contribution in [0.3, 0.4) is 0 Å². The molecule has 2 aromatic heterocycles. The summed E-state index contributed by atoms with van der Waals surface area (Å²) in [5, 5.41) is 10.4. The zero-order valence-electron chi connectivity index (χ0n) is 13.1. The van der Waals surface area contributed by atoms with E-state index in [9.17, 15) is 9.90 Å². The molecule has 24 heavy (non-hydrogen) atoms. The Balaban J connectivity index is 1.81. The van der Waals surface area contributed by atoms with E-state index in [2.05, 4.69) is 4.98 Å². The van der Waals surface area contributed by atoms with Crippen LogP contribution in [0.1, 0.15) is 23.0 Å². The number of aliphatic hydroxyl groups is 1. The molecule has 1 aromatic carbocycles. The predicted octanol–water partition coefficient (Wildman–Crippen LogP) is 2.94. The van der Waals surface area contributed by atoms with Gasteiger partial charge in [0.1, 0.15) is 5.76 Å². The van der Waals surface area contributed by atoms with Gasteiger partial charge in [-0.25, -0.2) is 0 Å². The lowest BCUT2D eigenvalue weighted by Gasteiger charge is -2.24. The van der Waals surface area contributed by atoms with Gasteiger partial charge in [-0.05, 0) is 29.3 Å². The zero-order valence-corrected chi connectivity index (χ0v) is 13.1. The lowest BCUT2D eigenvalue weighted by molar-refractivity contribution is -0.142. The average Bonchev–Trinajstić information content (AvgIpc) is 3.15. The molecule has 1 amide bonds. The summed E-state index contributed by atoms with van der Waals surface area (Å²) in [5.41, 5.74) is 1.45. The first-order valence-corrected chi connectivity index (χ1v) is 7.67. The van der Waals surface area contributed by atoms with Gasteiger partial charge in [0.2, 0.25) is 0 Å². The van der Waals surface area contributed by atoms with E-state index in [0.717, 1.165) is 5.56 Å². The van der Waals surface area contributed by atoms with Crippen LogP contribution in [0.4, 0.5) is 0 Å². The third-order valence-electron chi connectivity index (χ3n) is 3.68. The number of aromatic nitrogens is 1. The van der Waals surface area contributed by atoms with Crippen LogP contribution >= 0.6 is 0 Å². The van der Waals surface area contributed by atoms with Crippen molar-refractivity contribution in [1.29, 1.82) is 0 Å². The Kier molecular flexibility index (Phi) is 5.03. The molecule has 2 heterocycles. The van der Waals surface area contributed by atoms with Crippen molar-refractivity contribution >= 4 is 5.91 Å². The number of benzene rings is 1. The number of carbonyl (C=O) groups excluding carboxylic acids is 1. The highest BCUT2D eigenvalue weighted by molar-refractivity contribution is 5.82. The summed E-state index contributed by atoms with van der Waals surface area (Å²) in [6.45, 7) is 0.627. The number of furan rings is 1. The van der Waals surface area contributed by atoms with Crippen molar-refractivity contribution in [3.05, 3.63) is 90.1 Å². The van der Waals surface area contributed by atoms with Crippen LogP contribution in [-0.2, 0) is 17.9 Å². The Hall–Kier alpha value is -2.92. The van der Waals surface area contributed by atoms with Crippen LogP contribution in [0.15, 0.2) is 77.7 Å². The number of hydrogen-bond donors (Lipinski definition) is 1. The first-order valence-electron chi connectivity index (χ1n) is 7.67. The molecule has 0 spiro atoms. The van der Waals surface area contributed by atoms with Crippen molar-refractivity contribution in [3.8, 4) is 0 Å². The van der Waals surface area contributed by atoms with Gasteiger partial charge in [0.05, 0.1) is 12.8 Å². The number of hydrogen-bond acceptors (Lipinski definition) is 4. The van der Waals surface area contributed by atoms with Crippen LogP contribution in [-0.4, -0.2) is 20.9 Å². The quantitative estimate of drug-likeness (QED) is 0.758. The van der Waals surface area contributed by atoms with Crippen LogP contribution in [0, 0.1) is 0 Å². The third-order valence-corrected chi connectivity index (χ3v) is 3.68. The van der Waals surface area contributed by atoms with E-state index in [1.807, 2.05) is 18.2 Å². The Morgan fingerprint density at radius 2 is 1.92 bits per heavy atom. The maximum Gasteiger partial charge on any atom is 0.256 e. The van der Waals surface area contributed by atoms with E-state index in [1.165, 1.54) is 0 Å². The molecule has 122 valence electrons. The number of amides is 1. The molecule has 1 atom stereocenters. The molecular formula is C19H18N2O3. The minimum absolute atomic E-state index is 0.282. The second-order valence-corrected chi connectivity index (χ2v) is 5.45. The van der Waals surface area contributed by atoms with Crippen molar-refractivity contribution < 1.29 is 14.3 Å². The Labute approximate surface area is 140 Å². The molecule has 3 aromatic rings. The SMILES string of the molecule is O=C([C@@H](O)c1ccccc1)N(Cc1cccnc1)Cc1ccco1. The van der Waals surface area contributed by atoms with Gasteiger partial charge < -0.3 is 14.4 Å². The highest BCUT2D eigenvalue weighted by Crippen LogP contribution is 2.19. The van der Waals surface area contributed by atoms with Gasteiger partial charge in [-0.1, -0.05) is 36.4 Å². The van der Waals surface area contributed by atoms with Gasteiger partial charge in [0, 0.05) is 18.9 Å². The summed E-state index contributed by atoms with van der Waals surface area (Å²) < 4.78 is 5.35. The van der Waals surface area contributed by atoms with E-state index >= 15 is 0 Å². The molecule has 0 aliphatic carbocycles. The molecule has 0 aliphatic rings. The Bertz CT molecular complexity index is 758. The molecule has 0 aliphatic heterocycles. The lowest BCUT2D eigenvalue weighted by atomic mass is 10.1. The molecule has 0 bridgehead atoms. The second kappa shape index (κ2) is 7.57. The highest BCUT2D eigenvalue weighted by Gasteiger charge is 2.24. The fourth-order valence-corrected chi connectivity index (χ4v) is 2.47. The molecular weight excluding hydrogens is 304 g/mol. The number of aliphatic hydroxyl groups excluding tert-OH is 1. The molecule has 0 radical (unpaired) electrons. The molecule has 0 saturated heterocycles. The summed E-state index contributed by atoms with van der Waals surface area (Å²) in [5.74, 6) is 0.286. The summed E-state index contributed by atoms with van der Waals surface area (Å²) in [6, 6.07) is 16.2. The van der Waals surface area contributed by atoms with E-state index < -0.39 is 6.10 Å². The van der Waals surface area contributed by atoms with Crippen molar-refractivity contribution in [2.24, 2.45) is 0 Å². The summed E-state index contributed by atoms with van der Waals surface area (Å²) >= 11 is 0. The van der Waals surface area contributed by atoms with Gasteiger partial charge in [-0.15, -0.1) is 0 Å². The summed E-state index contributed by atoms with van der Waals surface area (Å²) in [7, 11) is 0. The molecule has 3 rings (SSSR count). The van der Waals surface area contributed by atoms with Gasteiger partial charge in [0.15, 0.2) is 6.10 Å².